The second-order valence-corrected chi connectivity index (χ2v) is 5.38. The van der Waals surface area contributed by atoms with Crippen molar-refractivity contribution in [2.75, 3.05) is 0 Å². The highest BCUT2D eigenvalue weighted by Crippen LogP contribution is 2.08. The van der Waals surface area contributed by atoms with E-state index in [0.29, 0.717) is 5.56 Å². The van der Waals surface area contributed by atoms with Gasteiger partial charge < -0.3 is 4.74 Å². The van der Waals surface area contributed by atoms with Crippen LogP contribution in [-0.2, 0) is 9.53 Å². The Morgan fingerprint density at radius 3 is 2.27 bits per heavy atom. The van der Waals surface area contributed by atoms with Gasteiger partial charge in [0, 0.05) is 5.56 Å². The van der Waals surface area contributed by atoms with Crippen LogP contribution < -0.4 is 0 Å². The summed E-state index contributed by atoms with van der Waals surface area (Å²) >= 11 is 0. The minimum absolute atomic E-state index is 0.355. The molecule has 0 spiro atoms. The lowest BCUT2D eigenvalue weighted by molar-refractivity contribution is -0.132. The zero-order chi connectivity index (χ0) is 16.0. The summed E-state index contributed by atoms with van der Waals surface area (Å²) in [4.78, 5) is 23.3. The first-order valence-corrected chi connectivity index (χ1v) is 8.21. The smallest absolute Gasteiger partial charge is 0.384 e. The van der Waals surface area contributed by atoms with Gasteiger partial charge in [0.25, 0.3) is 5.78 Å². The molecule has 0 saturated carbocycles. The van der Waals surface area contributed by atoms with Crippen LogP contribution in [-0.4, -0.2) is 11.8 Å². The highest BCUT2D eigenvalue weighted by molar-refractivity contribution is 6.40. The lowest BCUT2D eigenvalue weighted by atomic mass is 10.1. The average Bonchev–Trinajstić information content (AvgIpc) is 2.56. The quantitative estimate of drug-likeness (QED) is 0.188. The number of Topliss-reactive ketones (excluding diaryl/α,β-unsaturated/α-hetero) is 1. The van der Waals surface area contributed by atoms with Crippen LogP contribution in [0.15, 0.2) is 42.7 Å². The van der Waals surface area contributed by atoms with Crippen LogP contribution in [0.2, 0.25) is 0 Å². The number of hydrogen-bond acceptors (Lipinski definition) is 3. The Balaban J connectivity index is 2.10. The summed E-state index contributed by atoms with van der Waals surface area (Å²) in [6.45, 7) is 2.22. The Morgan fingerprint density at radius 1 is 0.955 bits per heavy atom. The number of unbranched alkanes of at least 4 members (excludes halogenated alkanes) is 7. The van der Waals surface area contributed by atoms with Gasteiger partial charge in [-0.1, -0.05) is 75.8 Å². The van der Waals surface area contributed by atoms with E-state index in [1.54, 1.807) is 30.3 Å². The Labute approximate surface area is 133 Å². The third-order valence-electron chi connectivity index (χ3n) is 3.47. The molecule has 0 aromatic heterocycles. The van der Waals surface area contributed by atoms with E-state index in [4.69, 9.17) is 4.74 Å². The minimum atomic E-state index is -0.831. The van der Waals surface area contributed by atoms with Gasteiger partial charge in [-0.2, -0.15) is 0 Å². The highest BCUT2D eigenvalue weighted by Gasteiger charge is 2.16. The number of ether oxygens (including phenoxy) is 1. The molecule has 1 aromatic rings. The molecule has 0 bridgehead atoms. The molecule has 0 fully saturated rings. The van der Waals surface area contributed by atoms with Crippen molar-refractivity contribution in [3.63, 3.8) is 0 Å². The summed E-state index contributed by atoms with van der Waals surface area (Å²) in [6, 6.07) is 8.44. The molecule has 1 aromatic carbocycles. The van der Waals surface area contributed by atoms with Gasteiger partial charge in [-0.15, -0.1) is 0 Å². The molecule has 0 N–H and O–H groups in total. The molecule has 0 atom stereocenters. The fourth-order valence-electron chi connectivity index (χ4n) is 2.16. The first-order valence-electron chi connectivity index (χ1n) is 8.21. The van der Waals surface area contributed by atoms with Crippen molar-refractivity contribution in [2.24, 2.45) is 0 Å². The fourth-order valence-corrected chi connectivity index (χ4v) is 2.16. The van der Waals surface area contributed by atoms with Gasteiger partial charge in [-0.05, 0) is 18.9 Å². The summed E-state index contributed by atoms with van der Waals surface area (Å²) < 4.78 is 4.85. The van der Waals surface area contributed by atoms with Crippen molar-refractivity contribution in [3.05, 3.63) is 48.2 Å². The molecule has 0 amide bonds. The molecule has 3 nitrogen and oxygen atoms in total. The van der Waals surface area contributed by atoms with Gasteiger partial charge in [-0.25, -0.2) is 4.79 Å². The topological polar surface area (TPSA) is 43.4 Å². The number of carbonyl (C=O) groups is 2. The second-order valence-electron chi connectivity index (χ2n) is 5.38. The summed E-state index contributed by atoms with van der Waals surface area (Å²) in [5, 5.41) is 0. The molecule has 120 valence electrons. The molecule has 22 heavy (non-hydrogen) atoms. The molecule has 0 unspecified atom stereocenters. The standard InChI is InChI=1S/C19H26O3/c1-2-3-4-5-6-7-8-9-13-16-22-19(21)18(20)17-14-11-10-12-15-17/h10-16H,2-9H2,1H3/b16-13+. The number of ketones is 1. The van der Waals surface area contributed by atoms with E-state index in [1.807, 2.05) is 6.08 Å². The maximum Gasteiger partial charge on any atom is 0.384 e. The summed E-state index contributed by atoms with van der Waals surface area (Å²) in [7, 11) is 0. The van der Waals surface area contributed by atoms with E-state index in [0.717, 1.165) is 12.8 Å². The first kappa shape index (κ1) is 18.1. The van der Waals surface area contributed by atoms with Crippen LogP contribution in [0.3, 0.4) is 0 Å². The summed E-state index contributed by atoms with van der Waals surface area (Å²) in [6.07, 6.45) is 12.8. The van der Waals surface area contributed by atoms with Crippen LogP contribution >= 0.6 is 0 Å². The largest absolute Gasteiger partial charge is 0.429 e. The number of allylic oxidation sites excluding steroid dienone is 1. The first-order chi connectivity index (χ1) is 10.8. The van der Waals surface area contributed by atoms with Crippen LogP contribution in [0.1, 0.15) is 68.6 Å². The maximum atomic E-state index is 11.7. The summed E-state index contributed by atoms with van der Waals surface area (Å²) in [5.41, 5.74) is 0.355. The SMILES string of the molecule is CCCCCCCCC/C=C/OC(=O)C(=O)c1ccccc1. The molecule has 0 heterocycles. The molecule has 1 rings (SSSR count). The molecular formula is C19H26O3. The van der Waals surface area contributed by atoms with E-state index < -0.39 is 11.8 Å². The number of benzene rings is 1. The summed E-state index contributed by atoms with van der Waals surface area (Å²) in [5.74, 6) is -1.44. The minimum Gasteiger partial charge on any atom is -0.429 e. The van der Waals surface area contributed by atoms with E-state index >= 15 is 0 Å². The number of hydrogen-bond donors (Lipinski definition) is 0. The molecule has 3 heteroatoms. The van der Waals surface area contributed by atoms with Gasteiger partial charge in [-0.3, -0.25) is 4.79 Å². The molecule has 0 radical (unpaired) electrons. The Kier molecular flexibility index (Phi) is 9.67. The predicted molar refractivity (Wildman–Crippen MR) is 88.6 cm³/mol. The molecular weight excluding hydrogens is 276 g/mol. The molecule has 0 saturated heterocycles. The second kappa shape index (κ2) is 11.7. The Bertz CT molecular complexity index is 463. The number of esters is 1. The monoisotopic (exact) mass is 302 g/mol. The van der Waals surface area contributed by atoms with E-state index in [-0.39, 0.29) is 0 Å². The fraction of sp³-hybridized carbons (Fsp3) is 0.474. The van der Waals surface area contributed by atoms with Crippen molar-refractivity contribution in [1.82, 2.24) is 0 Å². The maximum absolute atomic E-state index is 11.7. The Hall–Kier alpha value is -1.90. The molecule has 0 aliphatic carbocycles. The normalized spacial score (nSPS) is 10.8. The predicted octanol–water partition coefficient (Wildman–Crippen LogP) is 5.07. The van der Waals surface area contributed by atoms with E-state index in [9.17, 15) is 9.59 Å². The third-order valence-corrected chi connectivity index (χ3v) is 3.47. The van der Waals surface area contributed by atoms with Crippen LogP contribution in [0, 0.1) is 0 Å². The zero-order valence-corrected chi connectivity index (χ0v) is 13.4. The van der Waals surface area contributed by atoms with Crippen molar-refractivity contribution < 1.29 is 14.3 Å². The van der Waals surface area contributed by atoms with Gasteiger partial charge in [0.15, 0.2) is 0 Å². The van der Waals surface area contributed by atoms with Crippen molar-refractivity contribution in [1.29, 1.82) is 0 Å². The van der Waals surface area contributed by atoms with Gasteiger partial charge >= 0.3 is 5.97 Å². The third kappa shape index (κ3) is 7.77. The van der Waals surface area contributed by atoms with E-state index in [2.05, 4.69) is 6.92 Å². The van der Waals surface area contributed by atoms with Crippen LogP contribution in [0.5, 0.6) is 0 Å². The lowest BCUT2D eigenvalue weighted by Gasteiger charge is -2.00. The zero-order valence-electron chi connectivity index (χ0n) is 13.4. The molecule has 0 aliphatic rings. The van der Waals surface area contributed by atoms with Crippen LogP contribution in [0.4, 0.5) is 0 Å². The highest BCUT2D eigenvalue weighted by atomic mass is 16.5. The van der Waals surface area contributed by atoms with Gasteiger partial charge in [0.1, 0.15) is 0 Å². The Morgan fingerprint density at radius 2 is 1.59 bits per heavy atom. The van der Waals surface area contributed by atoms with Crippen LogP contribution in [0.25, 0.3) is 0 Å². The van der Waals surface area contributed by atoms with Gasteiger partial charge in [0.2, 0.25) is 0 Å². The number of carbonyl (C=O) groups excluding carboxylic acids is 2. The van der Waals surface area contributed by atoms with Crippen molar-refractivity contribution in [3.8, 4) is 0 Å². The lowest BCUT2D eigenvalue weighted by Crippen LogP contribution is -2.14. The van der Waals surface area contributed by atoms with Crippen molar-refractivity contribution >= 4 is 11.8 Å². The van der Waals surface area contributed by atoms with Crippen molar-refractivity contribution in [2.45, 2.75) is 58.3 Å². The average molecular weight is 302 g/mol. The van der Waals surface area contributed by atoms with E-state index in [1.165, 1.54) is 44.8 Å². The number of rotatable bonds is 11. The van der Waals surface area contributed by atoms with Gasteiger partial charge in [0.05, 0.1) is 6.26 Å². The molecule has 0 aliphatic heterocycles.